The molecule has 0 spiro atoms. The molecule has 1 unspecified atom stereocenters. The summed E-state index contributed by atoms with van der Waals surface area (Å²) >= 11 is 1.90. The standard InChI is InChI=1S/C11H26N2S/c1-10(2)5-7-13(3)11(9-12)6-8-14-4/h10-11H,5-9,12H2,1-4H3. The summed E-state index contributed by atoms with van der Waals surface area (Å²) in [4.78, 5) is 2.41. The van der Waals surface area contributed by atoms with Crippen LogP contribution in [0.3, 0.4) is 0 Å². The van der Waals surface area contributed by atoms with Crippen molar-refractivity contribution >= 4 is 11.8 Å². The van der Waals surface area contributed by atoms with Gasteiger partial charge in [0.25, 0.3) is 0 Å². The van der Waals surface area contributed by atoms with E-state index in [9.17, 15) is 0 Å². The first-order valence-electron chi connectivity index (χ1n) is 5.51. The topological polar surface area (TPSA) is 29.3 Å². The molecule has 0 heterocycles. The highest BCUT2D eigenvalue weighted by molar-refractivity contribution is 7.98. The first-order chi connectivity index (χ1) is 6.61. The van der Waals surface area contributed by atoms with Crippen LogP contribution in [0.1, 0.15) is 26.7 Å². The van der Waals surface area contributed by atoms with Crippen LogP contribution in [-0.4, -0.2) is 43.1 Å². The first-order valence-corrected chi connectivity index (χ1v) is 6.90. The average Bonchev–Trinajstić information content (AvgIpc) is 2.16. The van der Waals surface area contributed by atoms with Crippen molar-refractivity contribution in [2.24, 2.45) is 11.7 Å². The van der Waals surface area contributed by atoms with Gasteiger partial charge in [0, 0.05) is 12.6 Å². The summed E-state index contributed by atoms with van der Waals surface area (Å²) in [6.45, 7) is 6.50. The zero-order valence-corrected chi connectivity index (χ0v) is 10.9. The maximum Gasteiger partial charge on any atom is 0.0223 e. The van der Waals surface area contributed by atoms with Gasteiger partial charge in [-0.15, -0.1) is 0 Å². The van der Waals surface area contributed by atoms with Gasteiger partial charge in [0.2, 0.25) is 0 Å². The molecule has 0 aliphatic rings. The Morgan fingerprint density at radius 1 is 1.29 bits per heavy atom. The monoisotopic (exact) mass is 218 g/mol. The molecule has 1 atom stereocenters. The molecule has 0 aliphatic carbocycles. The van der Waals surface area contributed by atoms with E-state index in [1.807, 2.05) is 11.8 Å². The van der Waals surface area contributed by atoms with E-state index >= 15 is 0 Å². The average molecular weight is 218 g/mol. The van der Waals surface area contributed by atoms with Gasteiger partial charge >= 0.3 is 0 Å². The molecule has 0 saturated carbocycles. The quantitative estimate of drug-likeness (QED) is 0.676. The second-order valence-corrected chi connectivity index (χ2v) is 5.32. The Morgan fingerprint density at radius 2 is 1.93 bits per heavy atom. The molecule has 3 heteroatoms. The Labute approximate surface area is 93.6 Å². The van der Waals surface area contributed by atoms with Crippen LogP contribution in [0.5, 0.6) is 0 Å². The Morgan fingerprint density at radius 3 is 2.36 bits per heavy atom. The van der Waals surface area contributed by atoms with E-state index in [1.54, 1.807) is 0 Å². The van der Waals surface area contributed by atoms with Crippen molar-refractivity contribution in [1.82, 2.24) is 4.90 Å². The van der Waals surface area contributed by atoms with Crippen LogP contribution in [0.4, 0.5) is 0 Å². The second kappa shape index (κ2) is 8.57. The van der Waals surface area contributed by atoms with E-state index < -0.39 is 0 Å². The van der Waals surface area contributed by atoms with Gasteiger partial charge in [0.15, 0.2) is 0 Å². The summed E-state index contributed by atoms with van der Waals surface area (Å²) in [6.07, 6.45) is 4.64. The number of nitrogens with zero attached hydrogens (tertiary/aromatic N) is 1. The minimum Gasteiger partial charge on any atom is -0.329 e. The lowest BCUT2D eigenvalue weighted by atomic mass is 10.1. The van der Waals surface area contributed by atoms with Crippen molar-refractivity contribution in [3.8, 4) is 0 Å². The third-order valence-electron chi connectivity index (χ3n) is 2.61. The summed E-state index contributed by atoms with van der Waals surface area (Å²) in [5.74, 6) is 2.00. The lowest BCUT2D eigenvalue weighted by Crippen LogP contribution is -2.39. The fourth-order valence-electron chi connectivity index (χ4n) is 1.42. The highest BCUT2D eigenvalue weighted by Crippen LogP contribution is 2.08. The molecule has 2 N–H and O–H groups in total. The van der Waals surface area contributed by atoms with Crippen LogP contribution in [0, 0.1) is 5.92 Å². The number of likely N-dealkylation sites (N-methyl/N-ethyl adjacent to an activating group) is 1. The second-order valence-electron chi connectivity index (χ2n) is 4.33. The van der Waals surface area contributed by atoms with E-state index in [0.29, 0.717) is 6.04 Å². The van der Waals surface area contributed by atoms with E-state index in [0.717, 1.165) is 12.5 Å². The number of nitrogens with two attached hydrogens (primary N) is 1. The highest BCUT2D eigenvalue weighted by atomic mass is 32.2. The largest absolute Gasteiger partial charge is 0.329 e. The third-order valence-corrected chi connectivity index (χ3v) is 3.25. The van der Waals surface area contributed by atoms with E-state index in [1.165, 1.54) is 25.1 Å². The zero-order valence-electron chi connectivity index (χ0n) is 10.1. The van der Waals surface area contributed by atoms with Gasteiger partial charge in [-0.1, -0.05) is 13.8 Å². The van der Waals surface area contributed by atoms with Gasteiger partial charge < -0.3 is 10.6 Å². The minimum absolute atomic E-state index is 0.571. The van der Waals surface area contributed by atoms with Gasteiger partial charge in [-0.2, -0.15) is 11.8 Å². The smallest absolute Gasteiger partial charge is 0.0223 e. The van der Waals surface area contributed by atoms with Crippen molar-refractivity contribution in [2.75, 3.05) is 32.1 Å². The van der Waals surface area contributed by atoms with Crippen LogP contribution >= 0.6 is 11.8 Å². The number of rotatable bonds is 8. The fourth-order valence-corrected chi connectivity index (χ4v) is 1.92. The van der Waals surface area contributed by atoms with Gasteiger partial charge in [0.05, 0.1) is 0 Å². The van der Waals surface area contributed by atoms with Gasteiger partial charge in [-0.3, -0.25) is 0 Å². The lowest BCUT2D eigenvalue weighted by molar-refractivity contribution is 0.229. The predicted molar refractivity (Wildman–Crippen MR) is 67.9 cm³/mol. The molecule has 86 valence electrons. The van der Waals surface area contributed by atoms with Crippen LogP contribution < -0.4 is 5.73 Å². The normalized spacial score (nSPS) is 13.9. The van der Waals surface area contributed by atoms with E-state index in [-0.39, 0.29) is 0 Å². The van der Waals surface area contributed by atoms with Crippen molar-refractivity contribution in [1.29, 1.82) is 0 Å². The maximum absolute atomic E-state index is 5.77. The van der Waals surface area contributed by atoms with E-state index in [2.05, 4.69) is 32.1 Å². The van der Waals surface area contributed by atoms with Crippen molar-refractivity contribution < 1.29 is 0 Å². The van der Waals surface area contributed by atoms with Gasteiger partial charge in [-0.25, -0.2) is 0 Å². The van der Waals surface area contributed by atoms with E-state index in [4.69, 9.17) is 5.73 Å². The molecule has 0 saturated heterocycles. The Bertz CT molecular complexity index is 128. The fraction of sp³-hybridized carbons (Fsp3) is 1.00. The molecule has 0 aromatic rings. The van der Waals surface area contributed by atoms with Crippen LogP contribution in [-0.2, 0) is 0 Å². The van der Waals surface area contributed by atoms with Crippen molar-refractivity contribution in [2.45, 2.75) is 32.7 Å². The third kappa shape index (κ3) is 6.68. The molecule has 0 aliphatic heterocycles. The lowest BCUT2D eigenvalue weighted by Gasteiger charge is -2.27. The highest BCUT2D eigenvalue weighted by Gasteiger charge is 2.12. The zero-order chi connectivity index (χ0) is 11.0. The summed E-state index contributed by atoms with van der Waals surface area (Å²) in [6, 6.07) is 0.571. The predicted octanol–water partition coefficient (Wildman–Crippen LogP) is 2.04. The molecule has 0 amide bonds. The molecule has 0 aromatic carbocycles. The van der Waals surface area contributed by atoms with Gasteiger partial charge in [0.1, 0.15) is 0 Å². The summed E-state index contributed by atoms with van der Waals surface area (Å²) < 4.78 is 0. The number of thioether (sulfide) groups is 1. The summed E-state index contributed by atoms with van der Waals surface area (Å²) in [5.41, 5.74) is 5.77. The molecule has 2 nitrogen and oxygen atoms in total. The summed E-state index contributed by atoms with van der Waals surface area (Å²) in [5, 5.41) is 0. The first kappa shape index (κ1) is 14.3. The summed E-state index contributed by atoms with van der Waals surface area (Å²) in [7, 11) is 2.19. The van der Waals surface area contributed by atoms with Gasteiger partial charge in [-0.05, 0) is 44.4 Å². The number of hydrogen-bond donors (Lipinski definition) is 1. The Kier molecular flexibility index (Phi) is 8.73. The molecule has 0 rings (SSSR count). The molecular weight excluding hydrogens is 192 g/mol. The Balaban J connectivity index is 3.72. The van der Waals surface area contributed by atoms with Crippen molar-refractivity contribution in [3.05, 3.63) is 0 Å². The molecule has 0 aromatic heterocycles. The number of hydrogen-bond acceptors (Lipinski definition) is 3. The molecule has 14 heavy (non-hydrogen) atoms. The van der Waals surface area contributed by atoms with Crippen LogP contribution in [0.25, 0.3) is 0 Å². The van der Waals surface area contributed by atoms with Crippen molar-refractivity contribution in [3.63, 3.8) is 0 Å². The molecule has 0 bridgehead atoms. The maximum atomic E-state index is 5.77. The SMILES string of the molecule is CSCCC(CN)N(C)CCC(C)C. The van der Waals surface area contributed by atoms with Crippen LogP contribution in [0.2, 0.25) is 0 Å². The Hall–Kier alpha value is 0.270. The molecule has 0 radical (unpaired) electrons. The van der Waals surface area contributed by atoms with Crippen LogP contribution in [0.15, 0.2) is 0 Å². The molecular formula is C11H26N2S. The minimum atomic E-state index is 0.571. The molecule has 0 fully saturated rings.